The summed E-state index contributed by atoms with van der Waals surface area (Å²) in [7, 11) is 0. The van der Waals surface area contributed by atoms with Crippen LogP contribution in [0.25, 0.3) is 0 Å². The van der Waals surface area contributed by atoms with E-state index >= 15 is 0 Å². The van der Waals surface area contributed by atoms with E-state index in [0.29, 0.717) is 0 Å². The number of nitrogens with one attached hydrogen (secondary N) is 2. The molecular formula is C20H25FN2O2S. The molecule has 2 aromatic rings. The van der Waals surface area contributed by atoms with Gasteiger partial charge in [0.1, 0.15) is 11.9 Å². The Kier molecular flexibility index (Phi) is 6.53. The first-order chi connectivity index (χ1) is 12.2. The molecule has 0 radical (unpaired) electrons. The van der Waals surface area contributed by atoms with E-state index in [9.17, 15) is 14.0 Å². The molecule has 1 aromatic carbocycles. The van der Waals surface area contributed by atoms with Crippen LogP contribution in [0.4, 0.5) is 4.39 Å². The van der Waals surface area contributed by atoms with Crippen LogP contribution in [-0.4, -0.2) is 17.9 Å². The average Bonchev–Trinajstić information content (AvgIpc) is 2.90. The van der Waals surface area contributed by atoms with Gasteiger partial charge in [0.05, 0.1) is 11.6 Å². The molecule has 1 aromatic heterocycles. The Morgan fingerprint density at radius 1 is 1.08 bits per heavy atom. The largest absolute Gasteiger partial charge is 0.348 e. The number of benzene rings is 1. The zero-order valence-corrected chi connectivity index (χ0v) is 16.5. The van der Waals surface area contributed by atoms with Gasteiger partial charge < -0.3 is 10.6 Å². The van der Waals surface area contributed by atoms with Crippen LogP contribution in [0.15, 0.2) is 30.3 Å². The minimum Gasteiger partial charge on any atom is -0.348 e. The van der Waals surface area contributed by atoms with Crippen LogP contribution in [0.5, 0.6) is 0 Å². The molecular weight excluding hydrogens is 351 g/mol. The van der Waals surface area contributed by atoms with Gasteiger partial charge in [0.15, 0.2) is 0 Å². The molecule has 0 saturated heterocycles. The summed E-state index contributed by atoms with van der Waals surface area (Å²) >= 11 is 1.69. The lowest BCUT2D eigenvalue weighted by molar-refractivity contribution is -0.124. The molecule has 0 saturated carbocycles. The van der Waals surface area contributed by atoms with Gasteiger partial charge in [0.2, 0.25) is 5.91 Å². The zero-order chi connectivity index (χ0) is 19.4. The average molecular weight is 376 g/mol. The number of halogens is 1. The standard InChI is InChI=1S/C20H25FN2O2S/c1-11(2)18(23-19(24)15-8-6-7-9-17(15)21)20(25)22-13(4)16-10-12(3)26-14(16)5/h6-11,13,18H,1-5H3,(H,22,25)(H,23,24)/t13-,18-/m0/s1. The molecule has 2 N–H and O–H groups in total. The lowest BCUT2D eigenvalue weighted by atomic mass is 10.0. The maximum absolute atomic E-state index is 13.8. The fourth-order valence-corrected chi connectivity index (χ4v) is 3.88. The van der Waals surface area contributed by atoms with E-state index < -0.39 is 17.8 Å². The zero-order valence-electron chi connectivity index (χ0n) is 15.7. The number of carbonyl (C=O) groups excluding carboxylic acids is 2. The summed E-state index contributed by atoms with van der Waals surface area (Å²) in [6, 6.07) is 6.89. The predicted octanol–water partition coefficient (Wildman–Crippen LogP) is 4.14. The molecule has 0 aliphatic rings. The van der Waals surface area contributed by atoms with Gasteiger partial charge in [-0.1, -0.05) is 26.0 Å². The SMILES string of the molecule is Cc1cc([C@H](C)NC(=O)[C@@H](NC(=O)c2ccccc2F)C(C)C)c(C)s1. The lowest BCUT2D eigenvalue weighted by Gasteiger charge is -2.24. The monoisotopic (exact) mass is 376 g/mol. The quantitative estimate of drug-likeness (QED) is 0.796. The number of carbonyl (C=O) groups is 2. The Morgan fingerprint density at radius 3 is 2.27 bits per heavy atom. The van der Waals surface area contributed by atoms with Crippen molar-refractivity contribution in [3.05, 3.63) is 57.0 Å². The summed E-state index contributed by atoms with van der Waals surface area (Å²) in [5.41, 5.74) is 1.01. The van der Waals surface area contributed by atoms with Crippen molar-refractivity contribution in [2.45, 2.75) is 46.7 Å². The Labute approximate surface area is 157 Å². The fraction of sp³-hybridized carbons (Fsp3) is 0.400. The third-order valence-corrected chi connectivity index (χ3v) is 5.24. The van der Waals surface area contributed by atoms with Gasteiger partial charge in [-0.3, -0.25) is 9.59 Å². The third-order valence-electron chi connectivity index (χ3n) is 4.26. The van der Waals surface area contributed by atoms with E-state index in [-0.39, 0.29) is 23.4 Å². The van der Waals surface area contributed by atoms with Gasteiger partial charge >= 0.3 is 0 Å². The van der Waals surface area contributed by atoms with Crippen LogP contribution in [0.3, 0.4) is 0 Å². The fourth-order valence-electron chi connectivity index (χ4n) is 2.86. The third kappa shape index (κ3) is 4.69. The molecule has 0 spiro atoms. The van der Waals surface area contributed by atoms with Crippen LogP contribution >= 0.6 is 11.3 Å². The Hall–Kier alpha value is -2.21. The van der Waals surface area contributed by atoms with Gasteiger partial charge in [-0.15, -0.1) is 11.3 Å². The van der Waals surface area contributed by atoms with E-state index in [0.717, 1.165) is 10.4 Å². The van der Waals surface area contributed by atoms with Crippen LogP contribution in [0.2, 0.25) is 0 Å². The molecule has 2 rings (SSSR count). The van der Waals surface area contributed by atoms with Crippen LogP contribution < -0.4 is 10.6 Å². The molecule has 2 amide bonds. The number of hydrogen-bond donors (Lipinski definition) is 2. The highest BCUT2D eigenvalue weighted by atomic mass is 32.1. The molecule has 1 heterocycles. The molecule has 4 nitrogen and oxygen atoms in total. The van der Waals surface area contributed by atoms with E-state index in [1.165, 1.54) is 23.1 Å². The van der Waals surface area contributed by atoms with Crippen LogP contribution in [0, 0.1) is 25.6 Å². The van der Waals surface area contributed by atoms with E-state index in [4.69, 9.17) is 0 Å². The second kappa shape index (κ2) is 8.45. The van der Waals surface area contributed by atoms with E-state index in [1.54, 1.807) is 17.4 Å². The van der Waals surface area contributed by atoms with Crippen molar-refractivity contribution >= 4 is 23.2 Å². The molecule has 0 aliphatic heterocycles. The number of amides is 2. The van der Waals surface area contributed by atoms with Crippen molar-refractivity contribution in [3.8, 4) is 0 Å². The number of thiophene rings is 1. The van der Waals surface area contributed by atoms with E-state index in [2.05, 4.69) is 16.7 Å². The molecule has 140 valence electrons. The first-order valence-electron chi connectivity index (χ1n) is 8.63. The molecule has 6 heteroatoms. The van der Waals surface area contributed by atoms with Crippen molar-refractivity contribution in [2.75, 3.05) is 0 Å². The Bertz CT molecular complexity index is 801. The maximum atomic E-state index is 13.8. The molecule has 0 unspecified atom stereocenters. The van der Waals surface area contributed by atoms with Crippen LogP contribution in [0.1, 0.15) is 52.5 Å². The second-order valence-electron chi connectivity index (χ2n) is 6.77. The van der Waals surface area contributed by atoms with Crippen molar-refractivity contribution in [1.29, 1.82) is 0 Å². The van der Waals surface area contributed by atoms with Crippen molar-refractivity contribution in [2.24, 2.45) is 5.92 Å². The van der Waals surface area contributed by atoms with Gasteiger partial charge in [-0.25, -0.2) is 4.39 Å². The van der Waals surface area contributed by atoms with E-state index in [1.807, 2.05) is 34.6 Å². The first-order valence-corrected chi connectivity index (χ1v) is 9.45. The summed E-state index contributed by atoms with van der Waals surface area (Å²) < 4.78 is 13.8. The highest BCUT2D eigenvalue weighted by Crippen LogP contribution is 2.26. The Balaban J connectivity index is 2.11. The summed E-state index contributed by atoms with van der Waals surface area (Å²) in [5, 5.41) is 5.62. The molecule has 0 fully saturated rings. The minimum absolute atomic E-state index is 0.0664. The normalized spacial score (nSPS) is 13.3. The minimum atomic E-state index is -0.746. The predicted molar refractivity (Wildman–Crippen MR) is 103 cm³/mol. The molecule has 0 bridgehead atoms. The first kappa shape index (κ1) is 20.1. The number of hydrogen-bond acceptors (Lipinski definition) is 3. The van der Waals surface area contributed by atoms with Crippen molar-refractivity contribution in [3.63, 3.8) is 0 Å². The smallest absolute Gasteiger partial charge is 0.254 e. The Morgan fingerprint density at radius 2 is 1.73 bits per heavy atom. The second-order valence-corrected chi connectivity index (χ2v) is 8.23. The number of aryl methyl sites for hydroxylation is 2. The summed E-state index contributed by atoms with van der Waals surface area (Å²) in [6.07, 6.45) is 0. The van der Waals surface area contributed by atoms with Crippen molar-refractivity contribution in [1.82, 2.24) is 10.6 Å². The summed E-state index contributed by atoms with van der Waals surface area (Å²) in [4.78, 5) is 27.4. The van der Waals surface area contributed by atoms with Gasteiger partial charge in [-0.05, 0) is 50.5 Å². The van der Waals surface area contributed by atoms with Crippen LogP contribution in [-0.2, 0) is 4.79 Å². The van der Waals surface area contributed by atoms with Gasteiger partial charge in [0, 0.05) is 9.75 Å². The number of rotatable bonds is 6. The molecule has 26 heavy (non-hydrogen) atoms. The van der Waals surface area contributed by atoms with Crippen molar-refractivity contribution < 1.29 is 14.0 Å². The topological polar surface area (TPSA) is 58.2 Å². The highest BCUT2D eigenvalue weighted by molar-refractivity contribution is 7.12. The summed E-state index contributed by atoms with van der Waals surface area (Å²) in [5.74, 6) is -1.61. The molecule has 2 atom stereocenters. The van der Waals surface area contributed by atoms with Gasteiger partial charge in [-0.2, -0.15) is 0 Å². The van der Waals surface area contributed by atoms with Gasteiger partial charge in [0.25, 0.3) is 5.91 Å². The molecule has 0 aliphatic carbocycles. The summed E-state index contributed by atoms with van der Waals surface area (Å²) in [6.45, 7) is 9.66. The lowest BCUT2D eigenvalue weighted by Crippen LogP contribution is -2.50. The highest BCUT2D eigenvalue weighted by Gasteiger charge is 2.27. The maximum Gasteiger partial charge on any atom is 0.254 e.